The summed E-state index contributed by atoms with van der Waals surface area (Å²) in [5.74, 6) is 0.528. The molecule has 1 aliphatic heterocycles. The van der Waals surface area contributed by atoms with Crippen molar-refractivity contribution in [1.82, 2.24) is 25.2 Å². The first kappa shape index (κ1) is 22.1. The number of H-pyrrole nitrogens is 1. The number of benzene rings is 2. The molecule has 1 aromatic heterocycles. The smallest absolute Gasteiger partial charge is 0.410 e. The Kier molecular flexibility index (Phi) is 7.16. The number of piperazine rings is 1. The highest BCUT2D eigenvalue weighted by atomic mass is 32.2. The predicted octanol–water partition coefficient (Wildman–Crippen LogP) is 2.60. The summed E-state index contributed by atoms with van der Waals surface area (Å²) in [7, 11) is -1.11. The number of rotatable bonds is 6. The van der Waals surface area contributed by atoms with Crippen molar-refractivity contribution < 1.29 is 13.7 Å². The van der Waals surface area contributed by atoms with Crippen molar-refractivity contribution in [3.05, 3.63) is 42.0 Å². The number of hydrogen-bond donors (Lipinski definition) is 3. The van der Waals surface area contributed by atoms with Gasteiger partial charge in [0.1, 0.15) is 17.6 Å². The Morgan fingerprint density at radius 3 is 2.48 bits per heavy atom. The molecule has 164 valence electrons. The number of ether oxygens (including phenoxy) is 1. The summed E-state index contributed by atoms with van der Waals surface area (Å²) in [6, 6.07) is 11.0. The van der Waals surface area contributed by atoms with Gasteiger partial charge >= 0.3 is 6.09 Å². The molecule has 11 heteroatoms. The van der Waals surface area contributed by atoms with Crippen LogP contribution in [0.1, 0.15) is 5.56 Å². The van der Waals surface area contributed by atoms with Gasteiger partial charge in [-0.25, -0.2) is 4.79 Å². The van der Waals surface area contributed by atoms with E-state index in [9.17, 15) is 9.00 Å². The number of thiol groups is 2. The molecule has 0 radical (unpaired) electrons. The molecule has 1 fully saturated rings. The average Bonchev–Trinajstić information content (AvgIpc) is 3.23. The SMILES string of the molecule is O=C(OCc1cc(S)cc(S)c1)N1CCN(CCS(=O)c2ccc3n[nH]nc3c2)CC1. The Bertz CT molecular complexity index is 1080. The standard InChI is InChI=1S/C20H23N5O3S3/c26-20(28-13-14-9-15(29)11-16(30)10-14)25-5-3-24(4-6-25)7-8-31(27)17-1-2-18-19(12-17)22-23-21-18/h1-2,9-12,29-30H,3-8,13H2,(H,21,22,23). The number of aromatic nitrogens is 3. The molecular weight excluding hydrogens is 454 g/mol. The minimum absolute atomic E-state index is 0.190. The molecule has 2 heterocycles. The van der Waals surface area contributed by atoms with Crippen molar-refractivity contribution in [3.63, 3.8) is 0 Å². The van der Waals surface area contributed by atoms with Crippen LogP contribution in [0.4, 0.5) is 4.79 Å². The Hall–Kier alpha value is -2.08. The van der Waals surface area contributed by atoms with Crippen molar-refractivity contribution in [2.24, 2.45) is 0 Å². The van der Waals surface area contributed by atoms with E-state index >= 15 is 0 Å². The zero-order valence-electron chi connectivity index (χ0n) is 16.7. The lowest BCUT2D eigenvalue weighted by molar-refractivity contribution is 0.0730. The van der Waals surface area contributed by atoms with Gasteiger partial charge in [0.15, 0.2) is 0 Å². The number of hydrogen-bond acceptors (Lipinski definition) is 8. The van der Waals surface area contributed by atoms with Gasteiger partial charge in [0.05, 0.1) is 10.8 Å². The monoisotopic (exact) mass is 477 g/mol. The molecule has 31 heavy (non-hydrogen) atoms. The number of amides is 1. The third-order valence-electron chi connectivity index (χ3n) is 5.10. The molecule has 0 aliphatic carbocycles. The summed E-state index contributed by atoms with van der Waals surface area (Å²) in [5, 5.41) is 10.6. The summed E-state index contributed by atoms with van der Waals surface area (Å²) < 4.78 is 18.1. The molecule has 1 N–H and O–H groups in total. The van der Waals surface area contributed by atoms with Gasteiger partial charge < -0.3 is 9.64 Å². The molecule has 1 aliphatic rings. The summed E-state index contributed by atoms with van der Waals surface area (Å²) >= 11 is 8.63. The second-order valence-corrected chi connectivity index (χ2v) is 9.87. The molecule has 1 amide bonds. The highest BCUT2D eigenvalue weighted by molar-refractivity contribution is 7.85. The second-order valence-electron chi connectivity index (χ2n) is 7.26. The summed E-state index contributed by atoms with van der Waals surface area (Å²) in [4.78, 5) is 18.6. The lowest BCUT2D eigenvalue weighted by Gasteiger charge is -2.33. The van der Waals surface area contributed by atoms with E-state index in [2.05, 4.69) is 45.6 Å². The number of fused-ring (bicyclic) bond motifs is 1. The molecule has 1 unspecified atom stereocenters. The number of aromatic amines is 1. The zero-order valence-corrected chi connectivity index (χ0v) is 19.3. The Balaban J connectivity index is 1.21. The fraction of sp³-hybridized carbons (Fsp3) is 0.350. The molecule has 0 spiro atoms. The predicted molar refractivity (Wildman–Crippen MR) is 124 cm³/mol. The van der Waals surface area contributed by atoms with Crippen LogP contribution in [-0.2, 0) is 22.1 Å². The van der Waals surface area contributed by atoms with Crippen molar-refractivity contribution >= 4 is 53.2 Å². The third kappa shape index (κ3) is 5.79. The van der Waals surface area contributed by atoms with Gasteiger partial charge in [0.2, 0.25) is 0 Å². The van der Waals surface area contributed by atoms with Crippen LogP contribution in [0.15, 0.2) is 51.1 Å². The zero-order chi connectivity index (χ0) is 21.8. The van der Waals surface area contributed by atoms with Gasteiger partial charge in [-0.15, -0.1) is 25.3 Å². The lowest BCUT2D eigenvalue weighted by atomic mass is 10.2. The molecular formula is C20H23N5O3S3. The van der Waals surface area contributed by atoms with Crippen LogP contribution in [0.5, 0.6) is 0 Å². The van der Waals surface area contributed by atoms with Gasteiger partial charge in [-0.2, -0.15) is 15.4 Å². The van der Waals surface area contributed by atoms with Crippen LogP contribution < -0.4 is 0 Å². The van der Waals surface area contributed by atoms with Crippen LogP contribution in [0, 0.1) is 0 Å². The average molecular weight is 478 g/mol. The fourth-order valence-corrected chi connectivity index (χ4v) is 5.26. The first-order valence-corrected chi connectivity index (χ1v) is 12.0. The van der Waals surface area contributed by atoms with E-state index in [-0.39, 0.29) is 12.7 Å². The van der Waals surface area contributed by atoms with Crippen LogP contribution in [0.25, 0.3) is 11.0 Å². The van der Waals surface area contributed by atoms with E-state index in [0.717, 1.165) is 38.9 Å². The first-order chi connectivity index (χ1) is 15.0. The molecule has 1 saturated heterocycles. The van der Waals surface area contributed by atoms with Gasteiger partial charge in [0.25, 0.3) is 0 Å². The minimum Gasteiger partial charge on any atom is -0.445 e. The molecule has 3 aromatic rings. The molecule has 4 rings (SSSR count). The second kappa shape index (κ2) is 10.0. The van der Waals surface area contributed by atoms with E-state index in [4.69, 9.17) is 4.74 Å². The number of carbonyl (C=O) groups is 1. The Labute approximate surface area is 193 Å². The highest BCUT2D eigenvalue weighted by Gasteiger charge is 2.22. The van der Waals surface area contributed by atoms with E-state index < -0.39 is 10.8 Å². The van der Waals surface area contributed by atoms with E-state index in [1.807, 2.05) is 36.4 Å². The van der Waals surface area contributed by atoms with Gasteiger partial charge in [-0.3, -0.25) is 9.11 Å². The Morgan fingerprint density at radius 1 is 1.03 bits per heavy atom. The summed E-state index contributed by atoms with van der Waals surface area (Å²) in [6.07, 6.45) is -0.325. The summed E-state index contributed by atoms with van der Waals surface area (Å²) in [6.45, 7) is 3.51. The third-order valence-corrected chi connectivity index (χ3v) is 6.95. The number of nitrogens with zero attached hydrogens (tertiary/aromatic N) is 4. The van der Waals surface area contributed by atoms with Crippen LogP contribution in [0.2, 0.25) is 0 Å². The van der Waals surface area contributed by atoms with E-state index in [1.165, 1.54) is 0 Å². The summed E-state index contributed by atoms with van der Waals surface area (Å²) in [5.41, 5.74) is 2.33. The minimum atomic E-state index is -1.11. The molecule has 0 saturated carbocycles. The number of carbonyl (C=O) groups excluding carboxylic acids is 1. The largest absolute Gasteiger partial charge is 0.445 e. The van der Waals surface area contributed by atoms with Crippen molar-refractivity contribution in [3.8, 4) is 0 Å². The van der Waals surface area contributed by atoms with Crippen molar-refractivity contribution in [1.29, 1.82) is 0 Å². The van der Waals surface area contributed by atoms with Crippen LogP contribution >= 0.6 is 25.3 Å². The number of nitrogens with one attached hydrogen (secondary N) is 1. The quantitative estimate of drug-likeness (QED) is 0.473. The maximum Gasteiger partial charge on any atom is 0.410 e. The normalized spacial score (nSPS) is 15.9. The maximum absolute atomic E-state index is 12.6. The molecule has 0 bridgehead atoms. The van der Waals surface area contributed by atoms with Gasteiger partial charge in [-0.05, 0) is 42.0 Å². The Morgan fingerprint density at radius 2 is 1.74 bits per heavy atom. The molecule has 2 aromatic carbocycles. The van der Waals surface area contributed by atoms with Gasteiger partial charge in [0, 0.05) is 53.2 Å². The van der Waals surface area contributed by atoms with Crippen molar-refractivity contribution in [2.45, 2.75) is 21.3 Å². The first-order valence-electron chi connectivity index (χ1n) is 9.83. The van der Waals surface area contributed by atoms with Crippen molar-refractivity contribution in [2.75, 3.05) is 38.5 Å². The molecule has 1 atom stereocenters. The van der Waals surface area contributed by atoms with Gasteiger partial charge in [-0.1, -0.05) is 0 Å². The molecule has 8 nitrogen and oxygen atoms in total. The van der Waals surface area contributed by atoms with E-state index in [1.54, 1.807) is 4.90 Å². The topological polar surface area (TPSA) is 91.4 Å². The maximum atomic E-state index is 12.6. The highest BCUT2D eigenvalue weighted by Crippen LogP contribution is 2.18. The van der Waals surface area contributed by atoms with Crippen LogP contribution in [-0.4, -0.2) is 74.0 Å². The fourth-order valence-electron chi connectivity index (χ4n) is 3.42. The van der Waals surface area contributed by atoms with Crippen LogP contribution in [0.3, 0.4) is 0 Å². The lowest BCUT2D eigenvalue weighted by Crippen LogP contribution is -2.49. The van der Waals surface area contributed by atoms with E-state index in [0.29, 0.717) is 30.9 Å².